The van der Waals surface area contributed by atoms with Crippen LogP contribution in [0.5, 0.6) is 0 Å². The number of nitrogens with zero attached hydrogens (tertiary/aromatic N) is 7. The fourth-order valence-electron chi connectivity index (χ4n) is 2.64. The molecule has 0 aliphatic rings. The van der Waals surface area contributed by atoms with E-state index < -0.39 is 0 Å². The van der Waals surface area contributed by atoms with Crippen LogP contribution in [0.3, 0.4) is 0 Å². The quantitative estimate of drug-likeness (QED) is 0.492. The summed E-state index contributed by atoms with van der Waals surface area (Å²) in [5.74, 6) is 1.93. The fraction of sp³-hybridized carbons (Fsp3) is 0.125. The summed E-state index contributed by atoms with van der Waals surface area (Å²) in [6.45, 7) is 1.74. The Morgan fingerprint density at radius 3 is 2.74 bits per heavy atom. The molecule has 0 aliphatic carbocycles. The van der Waals surface area contributed by atoms with E-state index in [2.05, 4.69) is 35.7 Å². The van der Waals surface area contributed by atoms with Crippen molar-refractivity contribution in [1.29, 1.82) is 0 Å². The maximum atomic E-state index is 11.7. The number of imidazole rings is 1. The van der Waals surface area contributed by atoms with Crippen molar-refractivity contribution in [2.45, 2.75) is 6.92 Å². The lowest BCUT2D eigenvalue weighted by Crippen LogP contribution is -2.24. The zero-order valence-electron chi connectivity index (χ0n) is 14.6. The van der Waals surface area contributed by atoms with Crippen LogP contribution in [0.4, 0.5) is 22.4 Å². The summed E-state index contributed by atoms with van der Waals surface area (Å²) in [5, 5.41) is 9.80. The Bertz CT molecular complexity index is 1130. The van der Waals surface area contributed by atoms with Gasteiger partial charge in [-0.2, -0.15) is 14.6 Å². The normalized spacial score (nSPS) is 10.9. The average molecular weight is 364 g/mol. The molecule has 4 N–H and O–H groups in total. The largest absolute Gasteiger partial charge is 0.368 e. The molecule has 27 heavy (non-hydrogen) atoms. The van der Waals surface area contributed by atoms with Crippen LogP contribution < -0.4 is 16.4 Å². The van der Waals surface area contributed by atoms with E-state index in [-0.39, 0.29) is 12.0 Å². The van der Waals surface area contributed by atoms with Gasteiger partial charge in [-0.25, -0.2) is 14.8 Å². The molecule has 0 saturated heterocycles. The fourth-order valence-corrected chi connectivity index (χ4v) is 2.64. The molecule has 0 atom stereocenters. The maximum Gasteiger partial charge on any atom is 0.341 e. The molecule has 0 spiro atoms. The van der Waals surface area contributed by atoms with Gasteiger partial charge in [-0.05, 0) is 19.1 Å². The van der Waals surface area contributed by atoms with Gasteiger partial charge in [0, 0.05) is 25.5 Å². The molecule has 4 heterocycles. The Morgan fingerprint density at radius 2 is 1.96 bits per heavy atom. The Morgan fingerprint density at radius 1 is 1.11 bits per heavy atom. The van der Waals surface area contributed by atoms with Gasteiger partial charge in [0.2, 0.25) is 5.95 Å². The standard InChI is InChI=1S/C16H16N10O/c1-9-19-13(23-15(17)20-9)12-14(22-11-5-3-4-7-25(11)12)21-10-6-8-26(24-10)16(27)18-2/h3-8H,1-2H3,(H,18,27)(H,21,24)(H2,17,19,20,23). The summed E-state index contributed by atoms with van der Waals surface area (Å²) in [6.07, 6.45) is 3.39. The highest BCUT2D eigenvalue weighted by atomic mass is 16.2. The number of carbonyl (C=O) groups excluding carboxylic acids is 1. The minimum absolute atomic E-state index is 0.123. The summed E-state index contributed by atoms with van der Waals surface area (Å²) >= 11 is 0. The van der Waals surface area contributed by atoms with Gasteiger partial charge in [-0.3, -0.25) is 4.40 Å². The molecule has 0 aliphatic heterocycles. The van der Waals surface area contributed by atoms with E-state index in [9.17, 15) is 4.79 Å². The molecule has 4 aromatic rings. The van der Waals surface area contributed by atoms with Crippen LogP contribution in [-0.4, -0.2) is 47.2 Å². The molecular weight excluding hydrogens is 348 g/mol. The number of nitrogens with two attached hydrogens (primary N) is 1. The maximum absolute atomic E-state index is 11.7. The number of nitrogens with one attached hydrogen (secondary N) is 2. The molecular formula is C16H16N10O. The monoisotopic (exact) mass is 364 g/mol. The summed E-state index contributed by atoms with van der Waals surface area (Å²) < 4.78 is 3.02. The van der Waals surface area contributed by atoms with E-state index in [0.717, 1.165) is 0 Å². The highest BCUT2D eigenvalue weighted by molar-refractivity contribution is 5.78. The molecule has 0 bridgehead atoms. The van der Waals surface area contributed by atoms with Gasteiger partial charge in [0.05, 0.1) is 0 Å². The van der Waals surface area contributed by atoms with Crippen LogP contribution in [0, 0.1) is 6.92 Å². The second-order valence-electron chi connectivity index (χ2n) is 5.63. The Kier molecular flexibility index (Phi) is 3.88. The smallest absolute Gasteiger partial charge is 0.341 e. The Hall–Kier alpha value is -4.02. The first kappa shape index (κ1) is 16.4. The van der Waals surface area contributed by atoms with E-state index in [1.165, 1.54) is 11.7 Å². The first-order valence-corrected chi connectivity index (χ1v) is 8.05. The van der Waals surface area contributed by atoms with Crippen molar-refractivity contribution in [3.8, 4) is 11.5 Å². The highest BCUT2D eigenvalue weighted by Gasteiger charge is 2.19. The third-order valence-corrected chi connectivity index (χ3v) is 3.76. The SMILES string of the molecule is CNC(=O)n1ccc(Nc2nc3ccccn3c2-c2nc(C)nc(N)n2)n1. The van der Waals surface area contributed by atoms with E-state index in [0.29, 0.717) is 34.6 Å². The Balaban J connectivity index is 1.83. The van der Waals surface area contributed by atoms with E-state index in [1.807, 2.05) is 28.8 Å². The van der Waals surface area contributed by atoms with Crippen molar-refractivity contribution in [2.75, 3.05) is 18.1 Å². The third-order valence-electron chi connectivity index (χ3n) is 3.76. The van der Waals surface area contributed by atoms with Crippen molar-refractivity contribution >= 4 is 29.3 Å². The number of hydrogen-bond donors (Lipinski definition) is 3. The summed E-state index contributed by atoms with van der Waals surface area (Å²) in [7, 11) is 1.53. The van der Waals surface area contributed by atoms with Gasteiger partial charge in [-0.15, -0.1) is 5.10 Å². The number of nitrogen functional groups attached to an aromatic ring is 1. The van der Waals surface area contributed by atoms with Crippen molar-refractivity contribution in [2.24, 2.45) is 0 Å². The predicted octanol–water partition coefficient (Wildman–Crippen LogP) is 1.20. The lowest BCUT2D eigenvalue weighted by atomic mass is 10.3. The predicted molar refractivity (Wildman–Crippen MR) is 98.5 cm³/mol. The molecule has 136 valence electrons. The third kappa shape index (κ3) is 3.01. The van der Waals surface area contributed by atoms with Crippen LogP contribution in [-0.2, 0) is 0 Å². The number of fused-ring (bicyclic) bond motifs is 1. The van der Waals surface area contributed by atoms with E-state index in [1.54, 1.807) is 19.2 Å². The number of hydrogen-bond acceptors (Lipinski definition) is 8. The lowest BCUT2D eigenvalue weighted by molar-refractivity contribution is 0.241. The van der Waals surface area contributed by atoms with Crippen LogP contribution >= 0.6 is 0 Å². The van der Waals surface area contributed by atoms with Crippen molar-refractivity contribution in [1.82, 2.24) is 39.4 Å². The number of carbonyl (C=O) groups is 1. The van der Waals surface area contributed by atoms with Crippen LogP contribution in [0.15, 0.2) is 36.7 Å². The van der Waals surface area contributed by atoms with Gasteiger partial charge >= 0.3 is 6.03 Å². The molecule has 4 rings (SSSR count). The van der Waals surface area contributed by atoms with Gasteiger partial charge in [0.25, 0.3) is 0 Å². The minimum atomic E-state index is -0.348. The number of anilines is 3. The van der Waals surface area contributed by atoms with Crippen molar-refractivity contribution < 1.29 is 4.79 Å². The summed E-state index contributed by atoms with van der Waals surface area (Å²) in [5.41, 5.74) is 7.09. The number of amides is 1. The number of rotatable bonds is 3. The van der Waals surface area contributed by atoms with Crippen molar-refractivity contribution in [3.05, 3.63) is 42.5 Å². The zero-order chi connectivity index (χ0) is 19.0. The van der Waals surface area contributed by atoms with Crippen LogP contribution in [0.25, 0.3) is 17.2 Å². The molecule has 0 aromatic carbocycles. The lowest BCUT2D eigenvalue weighted by Gasteiger charge is -2.06. The zero-order valence-corrected chi connectivity index (χ0v) is 14.6. The highest BCUT2D eigenvalue weighted by Crippen LogP contribution is 2.28. The summed E-state index contributed by atoms with van der Waals surface area (Å²) in [6, 6.07) is 6.92. The molecule has 1 amide bonds. The topological polar surface area (TPSA) is 141 Å². The van der Waals surface area contributed by atoms with Gasteiger partial charge in [0.1, 0.15) is 17.2 Å². The summed E-state index contributed by atoms with van der Waals surface area (Å²) in [4.78, 5) is 28.9. The van der Waals surface area contributed by atoms with Crippen molar-refractivity contribution in [3.63, 3.8) is 0 Å². The van der Waals surface area contributed by atoms with E-state index in [4.69, 9.17) is 5.73 Å². The molecule has 11 heteroatoms. The van der Waals surface area contributed by atoms with Crippen LogP contribution in [0.1, 0.15) is 5.82 Å². The number of pyridine rings is 1. The minimum Gasteiger partial charge on any atom is -0.368 e. The molecule has 0 radical (unpaired) electrons. The van der Waals surface area contributed by atoms with E-state index >= 15 is 0 Å². The molecule has 11 nitrogen and oxygen atoms in total. The first-order valence-electron chi connectivity index (χ1n) is 8.05. The molecule has 0 unspecified atom stereocenters. The molecule has 4 aromatic heterocycles. The number of aromatic nitrogens is 7. The number of aryl methyl sites for hydroxylation is 1. The second-order valence-corrected chi connectivity index (χ2v) is 5.63. The first-order chi connectivity index (χ1) is 13.0. The Labute approximate surface area is 153 Å². The molecule has 0 saturated carbocycles. The average Bonchev–Trinajstić information content (AvgIpc) is 3.24. The van der Waals surface area contributed by atoms with Gasteiger partial charge in [-0.1, -0.05) is 6.07 Å². The second kappa shape index (κ2) is 6.37. The van der Waals surface area contributed by atoms with Gasteiger partial charge < -0.3 is 16.4 Å². The molecule has 0 fully saturated rings. The van der Waals surface area contributed by atoms with Gasteiger partial charge in [0.15, 0.2) is 17.5 Å². The van der Waals surface area contributed by atoms with Crippen LogP contribution in [0.2, 0.25) is 0 Å².